The van der Waals surface area contributed by atoms with Crippen molar-refractivity contribution < 1.29 is 0 Å². The number of aliphatic imine (C=N–C) groups is 1. The lowest BCUT2D eigenvalue weighted by Crippen LogP contribution is -2.39. The molecule has 1 fully saturated rings. The number of nitrogens with one attached hydrogen (secondary N) is 2. The summed E-state index contributed by atoms with van der Waals surface area (Å²) in [6.45, 7) is 9.32. The lowest BCUT2D eigenvalue weighted by molar-refractivity contribution is 0.196. The van der Waals surface area contributed by atoms with Crippen LogP contribution in [0.25, 0.3) is 0 Å². The number of likely N-dealkylation sites (N-methyl/N-ethyl adjacent to an activating group) is 1. The standard InChI is InChI=1S/C15H30N4/c1-4-11-17-15(16-5-2)18-12-13-19(3)14-9-7-6-8-10-14/h4,14H,1,5-13H2,2-3H3,(H2,16,17,18). The Labute approximate surface area is 118 Å². The average Bonchev–Trinajstić information content (AvgIpc) is 2.45. The minimum absolute atomic E-state index is 0.754. The van der Waals surface area contributed by atoms with Crippen molar-refractivity contribution in [1.29, 1.82) is 0 Å². The summed E-state index contributed by atoms with van der Waals surface area (Å²) in [5.41, 5.74) is 0. The number of hydrogen-bond donors (Lipinski definition) is 2. The van der Waals surface area contributed by atoms with Gasteiger partial charge in [0.25, 0.3) is 0 Å². The number of guanidine groups is 1. The molecule has 0 spiro atoms. The smallest absolute Gasteiger partial charge is 0.191 e. The van der Waals surface area contributed by atoms with E-state index in [9.17, 15) is 0 Å². The van der Waals surface area contributed by atoms with Gasteiger partial charge in [-0.05, 0) is 26.8 Å². The zero-order chi connectivity index (χ0) is 13.9. The molecule has 0 radical (unpaired) electrons. The molecule has 1 aliphatic carbocycles. The molecular formula is C15H30N4. The van der Waals surface area contributed by atoms with E-state index in [4.69, 9.17) is 0 Å². The summed E-state index contributed by atoms with van der Waals surface area (Å²) in [6, 6.07) is 0.771. The largest absolute Gasteiger partial charge is 0.357 e. The molecule has 1 rings (SSSR count). The van der Waals surface area contributed by atoms with Gasteiger partial charge in [-0.2, -0.15) is 0 Å². The molecule has 0 aromatic carbocycles. The molecule has 0 amide bonds. The normalized spacial score (nSPS) is 17.5. The molecule has 0 unspecified atom stereocenters. The van der Waals surface area contributed by atoms with Crippen molar-refractivity contribution in [1.82, 2.24) is 15.5 Å². The Morgan fingerprint density at radius 2 is 2.05 bits per heavy atom. The maximum atomic E-state index is 4.59. The van der Waals surface area contributed by atoms with Gasteiger partial charge in [-0.1, -0.05) is 25.3 Å². The maximum Gasteiger partial charge on any atom is 0.191 e. The van der Waals surface area contributed by atoms with Gasteiger partial charge in [0.2, 0.25) is 0 Å². The third-order valence-electron chi connectivity index (χ3n) is 3.68. The molecule has 0 aromatic heterocycles. The molecule has 4 nitrogen and oxygen atoms in total. The second kappa shape index (κ2) is 9.84. The molecule has 4 heteroatoms. The minimum atomic E-state index is 0.754. The van der Waals surface area contributed by atoms with Crippen LogP contribution in [0.4, 0.5) is 0 Å². The topological polar surface area (TPSA) is 39.7 Å². The van der Waals surface area contributed by atoms with E-state index in [1.807, 2.05) is 6.08 Å². The maximum absolute atomic E-state index is 4.59. The Kier molecular flexibility index (Phi) is 8.30. The van der Waals surface area contributed by atoms with E-state index < -0.39 is 0 Å². The highest BCUT2D eigenvalue weighted by Gasteiger charge is 2.17. The van der Waals surface area contributed by atoms with Crippen LogP contribution in [0.1, 0.15) is 39.0 Å². The summed E-state index contributed by atoms with van der Waals surface area (Å²) in [5, 5.41) is 6.47. The van der Waals surface area contributed by atoms with E-state index in [1.54, 1.807) is 0 Å². The van der Waals surface area contributed by atoms with Crippen LogP contribution in [-0.2, 0) is 0 Å². The van der Waals surface area contributed by atoms with Gasteiger partial charge in [-0.3, -0.25) is 4.99 Å². The van der Waals surface area contributed by atoms with E-state index in [0.29, 0.717) is 0 Å². The summed E-state index contributed by atoms with van der Waals surface area (Å²) in [5.74, 6) is 0.888. The first-order chi connectivity index (χ1) is 9.27. The fraction of sp³-hybridized carbons (Fsp3) is 0.800. The molecule has 0 atom stereocenters. The first-order valence-electron chi connectivity index (χ1n) is 7.61. The summed E-state index contributed by atoms with van der Waals surface area (Å²) in [7, 11) is 2.23. The van der Waals surface area contributed by atoms with Crippen LogP contribution in [0.15, 0.2) is 17.6 Å². The van der Waals surface area contributed by atoms with Gasteiger partial charge in [0.15, 0.2) is 5.96 Å². The van der Waals surface area contributed by atoms with Crippen molar-refractivity contribution in [2.24, 2.45) is 4.99 Å². The molecule has 0 heterocycles. The second-order valence-electron chi connectivity index (χ2n) is 5.20. The van der Waals surface area contributed by atoms with Crippen LogP contribution >= 0.6 is 0 Å². The van der Waals surface area contributed by atoms with Gasteiger partial charge < -0.3 is 15.5 Å². The summed E-state index contributed by atoms with van der Waals surface area (Å²) >= 11 is 0. The van der Waals surface area contributed by atoms with Crippen molar-refractivity contribution >= 4 is 5.96 Å². The number of rotatable bonds is 7. The SMILES string of the molecule is C=CCNC(=NCCN(C)C1CCCCC1)NCC. The molecule has 0 saturated heterocycles. The van der Waals surface area contributed by atoms with Crippen molar-refractivity contribution in [2.75, 3.05) is 33.2 Å². The highest BCUT2D eigenvalue weighted by Crippen LogP contribution is 2.21. The summed E-state index contributed by atoms with van der Waals surface area (Å²) in [6.07, 6.45) is 8.76. The predicted molar refractivity (Wildman–Crippen MR) is 83.7 cm³/mol. The molecule has 110 valence electrons. The van der Waals surface area contributed by atoms with Crippen LogP contribution in [0.2, 0.25) is 0 Å². The van der Waals surface area contributed by atoms with Crippen molar-refractivity contribution in [3.05, 3.63) is 12.7 Å². The van der Waals surface area contributed by atoms with Gasteiger partial charge >= 0.3 is 0 Å². The summed E-state index contributed by atoms with van der Waals surface area (Å²) in [4.78, 5) is 7.06. The van der Waals surface area contributed by atoms with Gasteiger partial charge in [-0.25, -0.2) is 0 Å². The van der Waals surface area contributed by atoms with Gasteiger partial charge in [0.05, 0.1) is 6.54 Å². The third kappa shape index (κ3) is 6.62. The molecule has 0 aliphatic heterocycles. The average molecular weight is 266 g/mol. The molecule has 0 aromatic rings. The van der Waals surface area contributed by atoms with E-state index in [-0.39, 0.29) is 0 Å². The molecule has 1 aliphatic rings. The molecule has 19 heavy (non-hydrogen) atoms. The van der Waals surface area contributed by atoms with Crippen LogP contribution in [-0.4, -0.2) is 50.1 Å². The first-order valence-corrected chi connectivity index (χ1v) is 7.61. The lowest BCUT2D eigenvalue weighted by atomic mass is 9.94. The van der Waals surface area contributed by atoms with E-state index >= 15 is 0 Å². The molecule has 1 saturated carbocycles. The van der Waals surface area contributed by atoms with Crippen molar-refractivity contribution in [3.63, 3.8) is 0 Å². The quantitative estimate of drug-likeness (QED) is 0.420. The van der Waals surface area contributed by atoms with Crippen LogP contribution in [0.3, 0.4) is 0 Å². The first kappa shape index (κ1) is 16.0. The van der Waals surface area contributed by atoms with E-state index in [2.05, 4.69) is 41.1 Å². The van der Waals surface area contributed by atoms with Gasteiger partial charge in [0, 0.05) is 25.7 Å². The monoisotopic (exact) mass is 266 g/mol. The Balaban J connectivity index is 2.29. The predicted octanol–water partition coefficient (Wildman–Crippen LogP) is 1.99. The van der Waals surface area contributed by atoms with Crippen molar-refractivity contribution in [3.8, 4) is 0 Å². The zero-order valence-electron chi connectivity index (χ0n) is 12.6. The Morgan fingerprint density at radius 1 is 1.32 bits per heavy atom. The van der Waals surface area contributed by atoms with E-state index in [0.717, 1.165) is 38.2 Å². The highest BCUT2D eigenvalue weighted by molar-refractivity contribution is 5.79. The van der Waals surface area contributed by atoms with Crippen LogP contribution in [0, 0.1) is 0 Å². The lowest BCUT2D eigenvalue weighted by Gasteiger charge is -2.30. The fourth-order valence-corrected chi connectivity index (χ4v) is 2.53. The Morgan fingerprint density at radius 3 is 2.68 bits per heavy atom. The Hall–Kier alpha value is -1.03. The highest BCUT2D eigenvalue weighted by atomic mass is 15.2. The fourth-order valence-electron chi connectivity index (χ4n) is 2.53. The third-order valence-corrected chi connectivity index (χ3v) is 3.68. The number of hydrogen-bond acceptors (Lipinski definition) is 2. The van der Waals surface area contributed by atoms with Crippen LogP contribution < -0.4 is 10.6 Å². The summed E-state index contributed by atoms with van der Waals surface area (Å²) < 4.78 is 0. The minimum Gasteiger partial charge on any atom is -0.357 e. The van der Waals surface area contributed by atoms with Crippen LogP contribution in [0.5, 0.6) is 0 Å². The van der Waals surface area contributed by atoms with Gasteiger partial charge in [0.1, 0.15) is 0 Å². The van der Waals surface area contributed by atoms with Crippen molar-refractivity contribution in [2.45, 2.75) is 45.1 Å². The number of nitrogens with zero attached hydrogens (tertiary/aromatic N) is 2. The zero-order valence-corrected chi connectivity index (χ0v) is 12.6. The molecular weight excluding hydrogens is 236 g/mol. The van der Waals surface area contributed by atoms with Gasteiger partial charge in [-0.15, -0.1) is 6.58 Å². The second-order valence-corrected chi connectivity index (χ2v) is 5.20. The molecule has 2 N–H and O–H groups in total. The van der Waals surface area contributed by atoms with E-state index in [1.165, 1.54) is 32.1 Å². The molecule has 0 bridgehead atoms. The Bertz CT molecular complexity index is 269.